The van der Waals surface area contributed by atoms with Crippen LogP contribution >= 0.6 is 0 Å². The van der Waals surface area contributed by atoms with E-state index in [0.717, 1.165) is 11.1 Å². The highest BCUT2D eigenvalue weighted by molar-refractivity contribution is 5.86. The van der Waals surface area contributed by atoms with Crippen molar-refractivity contribution in [2.24, 2.45) is 0 Å². The molecule has 0 bridgehead atoms. The van der Waals surface area contributed by atoms with Crippen molar-refractivity contribution in [3.05, 3.63) is 30.5 Å². The van der Waals surface area contributed by atoms with Gasteiger partial charge in [0.1, 0.15) is 18.7 Å². The van der Waals surface area contributed by atoms with Gasteiger partial charge in [0.25, 0.3) is 0 Å². The predicted molar refractivity (Wildman–Crippen MR) is 94.4 cm³/mol. The normalized spacial score (nSPS) is 14.8. The quantitative estimate of drug-likeness (QED) is 0.674. The molecule has 1 fully saturated rings. The molecule has 0 unspecified atom stereocenters. The third-order valence-electron chi connectivity index (χ3n) is 4.74. The number of hydrogen-bond donors (Lipinski definition) is 1. The van der Waals surface area contributed by atoms with E-state index in [-0.39, 0.29) is 12.5 Å². The van der Waals surface area contributed by atoms with Crippen molar-refractivity contribution in [1.82, 2.24) is 29.5 Å². The molecule has 1 saturated carbocycles. The first-order valence-electron chi connectivity index (χ1n) is 8.76. The highest BCUT2D eigenvalue weighted by Crippen LogP contribution is 2.28. The van der Waals surface area contributed by atoms with Crippen molar-refractivity contribution in [3.8, 4) is 0 Å². The molecule has 0 spiro atoms. The summed E-state index contributed by atoms with van der Waals surface area (Å²) in [5, 5.41) is 12.9. The lowest BCUT2D eigenvalue weighted by atomic mass is 10.3. The Morgan fingerprint density at radius 2 is 2.19 bits per heavy atom. The number of anilines is 1. The summed E-state index contributed by atoms with van der Waals surface area (Å²) in [7, 11) is 1.35. The highest BCUT2D eigenvalue weighted by atomic mass is 16.5. The molecule has 1 N–H and O–H groups in total. The Bertz CT molecular complexity index is 911. The molecular weight excluding hydrogens is 334 g/mol. The molecule has 0 atom stereocenters. The number of aromatic nitrogens is 6. The van der Waals surface area contributed by atoms with Gasteiger partial charge in [-0.1, -0.05) is 12.8 Å². The maximum Gasteiger partial charge on any atom is 0.327 e. The molecule has 0 aliphatic heterocycles. The largest absolute Gasteiger partial charge is 0.468 e. The topological polar surface area (TPSA) is 99.8 Å². The Labute approximate surface area is 150 Å². The smallest absolute Gasteiger partial charge is 0.327 e. The summed E-state index contributed by atoms with van der Waals surface area (Å²) < 4.78 is 8.26. The number of nitrogens with one attached hydrogen (secondary N) is 1. The van der Waals surface area contributed by atoms with Crippen LogP contribution in [0.4, 0.5) is 5.82 Å². The minimum atomic E-state index is -0.374. The van der Waals surface area contributed by atoms with Crippen LogP contribution in [0.15, 0.2) is 24.8 Å². The third-order valence-corrected chi connectivity index (χ3v) is 4.74. The van der Waals surface area contributed by atoms with E-state index < -0.39 is 0 Å². The first kappa shape index (κ1) is 16.5. The standard InChI is InChI=1S/C17H21N7O2/c1-26-15(25)10-24-17-14(9-21-24)16(19-11-20-17)18-8-12-6-7-23(22-12)13-4-2-3-5-13/h6-7,9,11,13H,2-5,8,10H2,1H3,(H,18,19,20). The lowest BCUT2D eigenvalue weighted by Gasteiger charge is -2.09. The van der Waals surface area contributed by atoms with Crippen molar-refractivity contribution in [2.45, 2.75) is 44.8 Å². The Hall–Kier alpha value is -2.97. The molecule has 9 nitrogen and oxygen atoms in total. The summed E-state index contributed by atoms with van der Waals surface area (Å²) in [5.74, 6) is 0.294. The maximum absolute atomic E-state index is 11.5. The Balaban J connectivity index is 1.48. The van der Waals surface area contributed by atoms with Crippen molar-refractivity contribution >= 4 is 22.8 Å². The minimum absolute atomic E-state index is 0.0161. The second kappa shape index (κ2) is 7.11. The molecule has 1 aliphatic carbocycles. The lowest BCUT2D eigenvalue weighted by Crippen LogP contribution is -2.13. The van der Waals surface area contributed by atoms with E-state index in [4.69, 9.17) is 0 Å². The van der Waals surface area contributed by atoms with Crippen LogP contribution in [0, 0.1) is 0 Å². The van der Waals surface area contributed by atoms with E-state index in [1.165, 1.54) is 43.8 Å². The molecule has 136 valence electrons. The zero-order valence-corrected chi connectivity index (χ0v) is 14.6. The van der Waals surface area contributed by atoms with Gasteiger partial charge in [-0.25, -0.2) is 14.6 Å². The van der Waals surface area contributed by atoms with Crippen LogP contribution in [-0.4, -0.2) is 42.6 Å². The van der Waals surface area contributed by atoms with E-state index in [9.17, 15) is 4.79 Å². The van der Waals surface area contributed by atoms with E-state index in [2.05, 4.69) is 41.1 Å². The number of ether oxygens (including phenoxy) is 1. The van der Waals surface area contributed by atoms with E-state index >= 15 is 0 Å². The van der Waals surface area contributed by atoms with Crippen molar-refractivity contribution in [1.29, 1.82) is 0 Å². The first-order chi connectivity index (χ1) is 12.7. The van der Waals surface area contributed by atoms with Gasteiger partial charge in [0.05, 0.1) is 37.0 Å². The Morgan fingerprint density at radius 3 is 3.00 bits per heavy atom. The number of rotatable bonds is 6. The van der Waals surface area contributed by atoms with Gasteiger partial charge in [0.15, 0.2) is 5.65 Å². The maximum atomic E-state index is 11.5. The summed E-state index contributed by atoms with van der Waals surface area (Å²) in [6.45, 7) is 0.580. The summed E-state index contributed by atoms with van der Waals surface area (Å²) in [6, 6.07) is 2.57. The van der Waals surface area contributed by atoms with Gasteiger partial charge >= 0.3 is 5.97 Å². The zero-order chi connectivity index (χ0) is 17.9. The average molecular weight is 355 g/mol. The van der Waals surface area contributed by atoms with E-state index in [1.807, 2.05) is 6.07 Å². The second-order valence-electron chi connectivity index (χ2n) is 6.42. The van der Waals surface area contributed by atoms with Crippen LogP contribution < -0.4 is 5.32 Å². The van der Waals surface area contributed by atoms with Gasteiger partial charge in [-0.3, -0.25) is 9.48 Å². The number of nitrogens with zero attached hydrogens (tertiary/aromatic N) is 6. The number of esters is 1. The van der Waals surface area contributed by atoms with Gasteiger partial charge in [-0.05, 0) is 18.9 Å². The van der Waals surface area contributed by atoms with Gasteiger partial charge < -0.3 is 10.1 Å². The average Bonchev–Trinajstić information content (AvgIpc) is 3.40. The van der Waals surface area contributed by atoms with Gasteiger partial charge in [-0.15, -0.1) is 0 Å². The van der Waals surface area contributed by atoms with Gasteiger partial charge in [-0.2, -0.15) is 10.2 Å². The van der Waals surface area contributed by atoms with Crippen LogP contribution in [0.5, 0.6) is 0 Å². The summed E-state index contributed by atoms with van der Waals surface area (Å²) in [5.41, 5.74) is 1.55. The van der Waals surface area contributed by atoms with E-state index in [0.29, 0.717) is 24.1 Å². The molecule has 3 aromatic rings. The molecule has 26 heavy (non-hydrogen) atoms. The number of hydrogen-bond acceptors (Lipinski definition) is 7. The molecule has 9 heteroatoms. The fraction of sp³-hybridized carbons (Fsp3) is 0.471. The zero-order valence-electron chi connectivity index (χ0n) is 14.6. The molecule has 0 aromatic carbocycles. The number of fused-ring (bicyclic) bond motifs is 1. The lowest BCUT2D eigenvalue weighted by molar-refractivity contribution is -0.141. The molecule has 0 amide bonds. The SMILES string of the molecule is COC(=O)Cn1ncc2c(NCc3ccn(C4CCCC4)n3)ncnc21. The second-order valence-corrected chi connectivity index (χ2v) is 6.42. The van der Waals surface area contributed by atoms with Crippen molar-refractivity contribution in [2.75, 3.05) is 12.4 Å². The fourth-order valence-electron chi connectivity index (χ4n) is 3.35. The van der Waals surface area contributed by atoms with Crippen LogP contribution in [0.1, 0.15) is 37.4 Å². The third kappa shape index (κ3) is 3.24. The monoisotopic (exact) mass is 355 g/mol. The molecule has 1 aliphatic rings. The fourth-order valence-corrected chi connectivity index (χ4v) is 3.35. The van der Waals surface area contributed by atoms with Crippen molar-refractivity contribution in [3.63, 3.8) is 0 Å². The van der Waals surface area contributed by atoms with E-state index in [1.54, 1.807) is 6.20 Å². The predicted octanol–water partition coefficient (Wildman–Crippen LogP) is 1.92. The Kier molecular flexibility index (Phi) is 4.51. The molecule has 0 radical (unpaired) electrons. The summed E-state index contributed by atoms with van der Waals surface area (Å²) in [6.07, 6.45) is 10.1. The number of methoxy groups -OCH3 is 1. The molecular formula is C17H21N7O2. The van der Waals surface area contributed by atoms with Gasteiger partial charge in [0.2, 0.25) is 0 Å². The summed E-state index contributed by atoms with van der Waals surface area (Å²) in [4.78, 5) is 20.0. The van der Waals surface area contributed by atoms with Crippen molar-refractivity contribution < 1.29 is 9.53 Å². The number of carbonyl (C=O) groups excluding carboxylic acids is 1. The molecule has 0 saturated heterocycles. The van der Waals surface area contributed by atoms with Gasteiger partial charge in [0, 0.05) is 6.20 Å². The highest BCUT2D eigenvalue weighted by Gasteiger charge is 2.18. The molecule has 3 heterocycles. The van der Waals surface area contributed by atoms with Crippen LogP contribution in [-0.2, 0) is 22.6 Å². The van der Waals surface area contributed by atoms with Crippen LogP contribution in [0.3, 0.4) is 0 Å². The molecule has 3 aromatic heterocycles. The van der Waals surface area contributed by atoms with Crippen LogP contribution in [0.2, 0.25) is 0 Å². The number of carbonyl (C=O) groups is 1. The van der Waals surface area contributed by atoms with Crippen LogP contribution in [0.25, 0.3) is 11.0 Å². The summed E-state index contributed by atoms with van der Waals surface area (Å²) >= 11 is 0. The molecule has 4 rings (SSSR count). The first-order valence-corrected chi connectivity index (χ1v) is 8.76. The Morgan fingerprint density at radius 1 is 1.35 bits per heavy atom. The minimum Gasteiger partial charge on any atom is -0.468 e.